The van der Waals surface area contributed by atoms with Crippen molar-refractivity contribution in [1.29, 1.82) is 0 Å². The van der Waals surface area contributed by atoms with Crippen LogP contribution < -0.4 is 5.32 Å². The summed E-state index contributed by atoms with van der Waals surface area (Å²) in [6.07, 6.45) is 0.754. The minimum absolute atomic E-state index is 0.0561. The molecule has 2 saturated heterocycles. The maximum absolute atomic E-state index is 12.8. The minimum Gasteiger partial charge on any atom is -0.347 e. The number of imidazole rings is 1. The van der Waals surface area contributed by atoms with E-state index >= 15 is 0 Å². The lowest BCUT2D eigenvalue weighted by Gasteiger charge is -2.34. The van der Waals surface area contributed by atoms with E-state index in [1.165, 1.54) is 6.33 Å². The lowest BCUT2D eigenvalue weighted by Crippen LogP contribution is -2.33. The summed E-state index contributed by atoms with van der Waals surface area (Å²) in [6, 6.07) is 8.87. The highest BCUT2D eigenvalue weighted by molar-refractivity contribution is 8.07. The second-order valence-electron chi connectivity index (χ2n) is 12.6. The fourth-order valence-electron chi connectivity index (χ4n) is 4.82. The predicted octanol–water partition coefficient (Wildman–Crippen LogP) is 5.37. The molecule has 14 heteroatoms. The number of nitrogens with zero attached hydrogens (tertiary/aromatic N) is 4. The molecule has 3 aromatic rings. The molecular formula is C28H38N5O7PS. The van der Waals surface area contributed by atoms with Gasteiger partial charge in [0.25, 0.3) is 5.91 Å². The summed E-state index contributed by atoms with van der Waals surface area (Å²) >= 11 is 5.80. The van der Waals surface area contributed by atoms with Gasteiger partial charge in [-0.05, 0) is 79.3 Å². The Morgan fingerprint density at radius 1 is 1.02 bits per heavy atom. The molecule has 2 fully saturated rings. The van der Waals surface area contributed by atoms with E-state index in [4.69, 9.17) is 39.6 Å². The van der Waals surface area contributed by atoms with Gasteiger partial charge in [0.1, 0.15) is 24.6 Å². The van der Waals surface area contributed by atoms with Gasteiger partial charge in [-0.25, -0.2) is 15.0 Å². The Labute approximate surface area is 250 Å². The Balaban J connectivity index is 1.40. The average molecular weight is 620 g/mol. The second kappa shape index (κ2) is 11.3. The number of hydrogen-bond donors (Lipinski definition) is 1. The van der Waals surface area contributed by atoms with Crippen molar-refractivity contribution >= 4 is 41.4 Å². The van der Waals surface area contributed by atoms with Crippen molar-refractivity contribution in [1.82, 2.24) is 19.5 Å². The standard InChI is InChI=1S/C28H38N5O7PS/c1-26(2,3)39-41(42,40-27(4,5)6)35-14-18-20-21(38-28(7,8)37-20)25(36-18)33-16-31-19-22(29-15-30-23(19)33)32-24(34)17-12-10-9-11-13-17/h9-13,15-16,18,20-21,25H,14H2,1-8H3,(H,29,30,32,34)/t18-,20?,21?,25-/m1/s1. The summed E-state index contributed by atoms with van der Waals surface area (Å²) < 4.78 is 39.3. The van der Waals surface area contributed by atoms with E-state index in [1.54, 1.807) is 35.2 Å². The van der Waals surface area contributed by atoms with Crippen molar-refractivity contribution < 1.29 is 32.6 Å². The largest absolute Gasteiger partial charge is 0.347 e. The molecule has 12 nitrogen and oxygen atoms in total. The Morgan fingerprint density at radius 3 is 2.31 bits per heavy atom. The van der Waals surface area contributed by atoms with Crippen LogP contribution in [-0.4, -0.2) is 67.3 Å². The van der Waals surface area contributed by atoms with Gasteiger partial charge in [-0.2, -0.15) is 0 Å². The number of hydrogen-bond acceptors (Lipinski definition) is 11. The van der Waals surface area contributed by atoms with Crippen LogP contribution in [0.15, 0.2) is 43.0 Å². The number of amides is 1. The SMILES string of the molecule is CC(C)(C)OP(=S)(OC[C@H]1O[C@@H](n2cnc3c(NC(=O)c4ccccc4)ncnc32)C2OC(C)(C)OC21)OC(C)(C)C. The van der Waals surface area contributed by atoms with Crippen LogP contribution in [0, 0.1) is 0 Å². The third-order valence-corrected chi connectivity index (χ3v) is 8.97. The molecule has 0 aliphatic carbocycles. The van der Waals surface area contributed by atoms with Crippen LogP contribution in [0.5, 0.6) is 0 Å². The van der Waals surface area contributed by atoms with Crippen LogP contribution in [0.25, 0.3) is 11.2 Å². The van der Waals surface area contributed by atoms with Crippen molar-refractivity contribution in [2.24, 2.45) is 0 Å². The van der Waals surface area contributed by atoms with Gasteiger partial charge in [-0.3, -0.25) is 9.36 Å². The summed E-state index contributed by atoms with van der Waals surface area (Å²) in [7, 11) is 0. The fourth-order valence-corrected chi connectivity index (χ4v) is 8.16. The molecule has 1 N–H and O–H groups in total. The van der Waals surface area contributed by atoms with Crippen LogP contribution in [0.3, 0.4) is 0 Å². The lowest BCUT2D eigenvalue weighted by molar-refractivity contribution is -0.199. The van der Waals surface area contributed by atoms with Crippen molar-refractivity contribution in [2.75, 3.05) is 11.9 Å². The number of nitrogens with one attached hydrogen (secondary N) is 1. The third kappa shape index (κ3) is 7.06. The van der Waals surface area contributed by atoms with E-state index in [2.05, 4.69) is 20.3 Å². The Bertz CT molecular complexity index is 1470. The van der Waals surface area contributed by atoms with Crippen molar-refractivity contribution in [3.05, 3.63) is 48.5 Å². The number of rotatable bonds is 8. The van der Waals surface area contributed by atoms with E-state index in [0.29, 0.717) is 16.7 Å². The molecule has 0 saturated carbocycles. The number of benzene rings is 1. The number of carbonyl (C=O) groups is 1. The molecule has 1 aromatic carbocycles. The Morgan fingerprint density at radius 2 is 1.67 bits per heavy atom. The number of aromatic nitrogens is 4. The molecular weight excluding hydrogens is 581 g/mol. The number of fused-ring (bicyclic) bond motifs is 2. The molecule has 0 bridgehead atoms. The van der Waals surface area contributed by atoms with Gasteiger partial charge in [-0.15, -0.1) is 0 Å². The zero-order chi connectivity index (χ0) is 30.5. The van der Waals surface area contributed by atoms with Gasteiger partial charge >= 0.3 is 6.72 Å². The fraction of sp³-hybridized carbons (Fsp3) is 0.571. The highest BCUT2D eigenvalue weighted by Crippen LogP contribution is 2.56. The van der Waals surface area contributed by atoms with E-state index in [9.17, 15) is 4.79 Å². The lowest BCUT2D eigenvalue weighted by atomic mass is 10.1. The second-order valence-corrected chi connectivity index (χ2v) is 15.5. The molecule has 42 heavy (non-hydrogen) atoms. The van der Waals surface area contributed by atoms with Crippen molar-refractivity contribution in [2.45, 2.75) is 96.9 Å². The van der Waals surface area contributed by atoms with Crippen LogP contribution in [-0.2, 0) is 39.6 Å². The topological polar surface area (TPSA) is 128 Å². The first-order chi connectivity index (χ1) is 19.5. The molecule has 1 amide bonds. The number of ether oxygens (including phenoxy) is 3. The molecule has 4 atom stereocenters. The van der Waals surface area contributed by atoms with Crippen LogP contribution in [0.2, 0.25) is 0 Å². The van der Waals surface area contributed by atoms with Gasteiger partial charge in [0.05, 0.1) is 24.1 Å². The van der Waals surface area contributed by atoms with Gasteiger partial charge in [0.15, 0.2) is 29.0 Å². The Hall–Kier alpha value is -2.35. The van der Waals surface area contributed by atoms with Crippen molar-refractivity contribution in [3.8, 4) is 0 Å². The molecule has 2 aliphatic rings. The summed E-state index contributed by atoms with van der Waals surface area (Å²) in [6.45, 7) is 12.0. The zero-order valence-electron chi connectivity index (χ0n) is 25.1. The predicted molar refractivity (Wildman–Crippen MR) is 159 cm³/mol. The highest BCUT2D eigenvalue weighted by atomic mass is 32.5. The average Bonchev–Trinajstić information content (AvgIpc) is 3.52. The molecule has 228 valence electrons. The van der Waals surface area contributed by atoms with Crippen LogP contribution in [0.1, 0.15) is 72.0 Å². The smallest absolute Gasteiger partial charge is 0.328 e. The quantitative estimate of drug-likeness (QED) is 0.327. The normalized spacial score (nSPS) is 24.2. The first kappa shape index (κ1) is 31.1. The first-order valence-corrected chi connectivity index (χ1v) is 16.3. The monoisotopic (exact) mass is 619 g/mol. The molecule has 0 radical (unpaired) electrons. The molecule has 2 unspecified atom stereocenters. The van der Waals surface area contributed by atoms with Gasteiger partial charge in [-0.1, -0.05) is 18.2 Å². The van der Waals surface area contributed by atoms with E-state index in [1.807, 2.05) is 61.5 Å². The van der Waals surface area contributed by atoms with Gasteiger partial charge < -0.3 is 33.1 Å². The molecule has 2 aliphatic heterocycles. The summed E-state index contributed by atoms with van der Waals surface area (Å²) in [4.78, 5) is 26.0. The maximum Gasteiger partial charge on any atom is 0.328 e. The molecule has 5 rings (SSSR count). The van der Waals surface area contributed by atoms with Crippen LogP contribution >= 0.6 is 6.72 Å². The first-order valence-electron chi connectivity index (χ1n) is 13.7. The van der Waals surface area contributed by atoms with E-state index in [0.717, 1.165) is 0 Å². The Kier molecular flexibility index (Phi) is 8.36. The minimum atomic E-state index is -3.17. The van der Waals surface area contributed by atoms with Crippen molar-refractivity contribution in [3.63, 3.8) is 0 Å². The third-order valence-electron chi connectivity index (χ3n) is 6.19. The van der Waals surface area contributed by atoms with Gasteiger partial charge in [0.2, 0.25) is 0 Å². The van der Waals surface area contributed by atoms with Crippen LogP contribution in [0.4, 0.5) is 5.82 Å². The summed E-state index contributed by atoms with van der Waals surface area (Å²) in [5, 5.41) is 2.83. The summed E-state index contributed by atoms with van der Waals surface area (Å²) in [5.74, 6) is -0.885. The van der Waals surface area contributed by atoms with E-state index in [-0.39, 0.29) is 18.3 Å². The molecule has 2 aromatic heterocycles. The molecule has 0 spiro atoms. The zero-order valence-corrected chi connectivity index (χ0v) is 26.8. The number of anilines is 1. The van der Waals surface area contributed by atoms with Gasteiger partial charge in [0, 0.05) is 5.56 Å². The van der Waals surface area contributed by atoms with E-state index < -0.39 is 48.2 Å². The maximum atomic E-state index is 12.8. The summed E-state index contributed by atoms with van der Waals surface area (Å²) in [5.41, 5.74) is 0.205. The number of carbonyl (C=O) groups excluding carboxylic acids is 1. The molecule has 4 heterocycles. The highest BCUT2D eigenvalue weighted by Gasteiger charge is 2.56.